The molecule has 0 N–H and O–H groups in total. The molecule has 0 amide bonds. The highest BCUT2D eigenvalue weighted by Gasteiger charge is 1.97. The van der Waals surface area contributed by atoms with Crippen molar-refractivity contribution in [1.29, 1.82) is 0 Å². The molecule has 0 heterocycles. The SMILES string of the molecule is CC=C(CC)c1ccc(CCC)cc1. The highest BCUT2D eigenvalue weighted by molar-refractivity contribution is 5.65. The van der Waals surface area contributed by atoms with E-state index in [1.54, 1.807) is 0 Å². The first-order chi connectivity index (χ1) is 6.81. The van der Waals surface area contributed by atoms with E-state index >= 15 is 0 Å². The van der Waals surface area contributed by atoms with Crippen LogP contribution in [-0.4, -0.2) is 0 Å². The summed E-state index contributed by atoms with van der Waals surface area (Å²) in [5.74, 6) is 0. The summed E-state index contributed by atoms with van der Waals surface area (Å²) in [6.45, 7) is 6.53. The first kappa shape index (κ1) is 11.0. The van der Waals surface area contributed by atoms with Crippen LogP contribution in [0.15, 0.2) is 30.3 Å². The number of rotatable bonds is 4. The number of allylic oxidation sites excluding steroid dienone is 2. The molecule has 1 aromatic rings. The summed E-state index contributed by atoms with van der Waals surface area (Å²) in [6, 6.07) is 8.98. The minimum absolute atomic E-state index is 1.11. The topological polar surface area (TPSA) is 0 Å². The monoisotopic (exact) mass is 188 g/mol. The van der Waals surface area contributed by atoms with Crippen molar-refractivity contribution in [2.75, 3.05) is 0 Å². The van der Waals surface area contributed by atoms with E-state index in [0.717, 1.165) is 6.42 Å². The van der Waals surface area contributed by atoms with Crippen molar-refractivity contribution in [3.8, 4) is 0 Å². The smallest absolute Gasteiger partial charge is 0.0228 e. The Bertz CT molecular complexity index is 290. The van der Waals surface area contributed by atoms with Crippen molar-refractivity contribution >= 4 is 5.57 Å². The molecule has 0 fully saturated rings. The predicted octanol–water partition coefficient (Wildman–Crippen LogP) is 4.45. The van der Waals surface area contributed by atoms with Gasteiger partial charge in [0.1, 0.15) is 0 Å². The van der Waals surface area contributed by atoms with Gasteiger partial charge >= 0.3 is 0 Å². The first-order valence-corrected chi connectivity index (χ1v) is 5.56. The Hall–Kier alpha value is -1.04. The van der Waals surface area contributed by atoms with Crippen LogP contribution in [0.1, 0.15) is 44.7 Å². The normalized spacial score (nSPS) is 11.8. The third-order valence-electron chi connectivity index (χ3n) is 2.59. The highest BCUT2D eigenvalue weighted by atomic mass is 14.0. The molecule has 0 nitrogen and oxygen atoms in total. The Kier molecular flexibility index (Phi) is 4.45. The lowest BCUT2D eigenvalue weighted by Gasteiger charge is -2.05. The number of hydrogen-bond acceptors (Lipinski definition) is 0. The van der Waals surface area contributed by atoms with E-state index in [9.17, 15) is 0 Å². The van der Waals surface area contributed by atoms with Crippen LogP contribution in [-0.2, 0) is 6.42 Å². The zero-order chi connectivity index (χ0) is 10.4. The van der Waals surface area contributed by atoms with Crippen LogP contribution in [0.3, 0.4) is 0 Å². The van der Waals surface area contributed by atoms with Crippen LogP contribution in [0, 0.1) is 0 Å². The number of aryl methyl sites for hydroxylation is 1. The van der Waals surface area contributed by atoms with Gasteiger partial charge in [0.05, 0.1) is 0 Å². The van der Waals surface area contributed by atoms with Crippen LogP contribution in [0.4, 0.5) is 0 Å². The molecule has 1 rings (SSSR count). The van der Waals surface area contributed by atoms with Gasteiger partial charge in [-0.3, -0.25) is 0 Å². The van der Waals surface area contributed by atoms with E-state index in [0.29, 0.717) is 0 Å². The van der Waals surface area contributed by atoms with E-state index in [-0.39, 0.29) is 0 Å². The van der Waals surface area contributed by atoms with Crippen molar-refractivity contribution in [1.82, 2.24) is 0 Å². The summed E-state index contributed by atoms with van der Waals surface area (Å²) in [4.78, 5) is 0. The van der Waals surface area contributed by atoms with Gasteiger partial charge in [-0.1, -0.05) is 50.6 Å². The zero-order valence-corrected chi connectivity index (χ0v) is 9.51. The predicted molar refractivity (Wildman–Crippen MR) is 64.4 cm³/mol. The fraction of sp³-hybridized carbons (Fsp3) is 0.429. The number of benzene rings is 1. The van der Waals surface area contributed by atoms with E-state index in [2.05, 4.69) is 51.1 Å². The molecule has 14 heavy (non-hydrogen) atoms. The highest BCUT2D eigenvalue weighted by Crippen LogP contribution is 2.18. The van der Waals surface area contributed by atoms with Crippen LogP contribution >= 0.6 is 0 Å². The van der Waals surface area contributed by atoms with Crippen molar-refractivity contribution in [2.24, 2.45) is 0 Å². The van der Waals surface area contributed by atoms with E-state index in [1.807, 2.05) is 0 Å². The maximum atomic E-state index is 2.25. The molecule has 76 valence electrons. The summed E-state index contributed by atoms with van der Waals surface area (Å²) in [7, 11) is 0. The average molecular weight is 188 g/mol. The maximum absolute atomic E-state index is 2.25. The van der Waals surface area contributed by atoms with Gasteiger partial charge in [-0.05, 0) is 36.5 Å². The Labute approximate surface area is 87.7 Å². The molecule has 0 aliphatic heterocycles. The molecular formula is C14H20. The second-order valence-corrected chi connectivity index (χ2v) is 3.61. The molecule has 0 saturated carbocycles. The molecule has 0 aromatic heterocycles. The number of hydrogen-bond donors (Lipinski definition) is 0. The summed E-state index contributed by atoms with van der Waals surface area (Å²) >= 11 is 0. The third-order valence-corrected chi connectivity index (χ3v) is 2.59. The Morgan fingerprint density at radius 2 is 1.79 bits per heavy atom. The molecule has 0 atom stereocenters. The molecule has 0 heteroatoms. The van der Waals surface area contributed by atoms with Crippen molar-refractivity contribution in [3.05, 3.63) is 41.5 Å². The molecule has 0 radical (unpaired) electrons. The maximum Gasteiger partial charge on any atom is -0.0228 e. The lowest BCUT2D eigenvalue weighted by Crippen LogP contribution is -1.86. The van der Waals surface area contributed by atoms with Gasteiger partial charge in [0, 0.05) is 0 Å². The van der Waals surface area contributed by atoms with Gasteiger partial charge in [0.25, 0.3) is 0 Å². The van der Waals surface area contributed by atoms with Crippen LogP contribution in [0.25, 0.3) is 5.57 Å². The van der Waals surface area contributed by atoms with Crippen LogP contribution in [0.5, 0.6) is 0 Å². The lowest BCUT2D eigenvalue weighted by atomic mass is 10.0. The molecule has 0 unspecified atom stereocenters. The fourth-order valence-electron chi connectivity index (χ4n) is 1.75. The molecule has 0 bridgehead atoms. The zero-order valence-electron chi connectivity index (χ0n) is 9.51. The van der Waals surface area contributed by atoms with Crippen molar-refractivity contribution in [2.45, 2.75) is 40.0 Å². The largest absolute Gasteiger partial charge is 0.0839 e. The summed E-state index contributed by atoms with van der Waals surface area (Å²) in [5, 5.41) is 0. The lowest BCUT2D eigenvalue weighted by molar-refractivity contribution is 0.921. The minimum atomic E-state index is 1.11. The fourth-order valence-corrected chi connectivity index (χ4v) is 1.75. The second-order valence-electron chi connectivity index (χ2n) is 3.61. The molecule has 0 spiro atoms. The third kappa shape index (κ3) is 2.73. The van der Waals surface area contributed by atoms with E-state index in [1.165, 1.54) is 29.5 Å². The van der Waals surface area contributed by atoms with Crippen molar-refractivity contribution < 1.29 is 0 Å². The van der Waals surface area contributed by atoms with Gasteiger partial charge in [-0.25, -0.2) is 0 Å². The van der Waals surface area contributed by atoms with Crippen molar-refractivity contribution in [3.63, 3.8) is 0 Å². The average Bonchev–Trinajstić information content (AvgIpc) is 2.23. The molecule has 0 saturated heterocycles. The minimum Gasteiger partial charge on any atom is -0.0839 e. The molecular weight excluding hydrogens is 168 g/mol. The Balaban J connectivity index is 2.82. The molecule has 0 aliphatic rings. The standard InChI is InChI=1S/C14H20/c1-4-7-12-8-10-14(11-9-12)13(5-2)6-3/h5,8-11H,4,6-7H2,1-3H3. The van der Waals surface area contributed by atoms with Gasteiger partial charge in [0.2, 0.25) is 0 Å². The van der Waals surface area contributed by atoms with Gasteiger partial charge in [0.15, 0.2) is 0 Å². The van der Waals surface area contributed by atoms with E-state index in [4.69, 9.17) is 0 Å². The quantitative estimate of drug-likeness (QED) is 0.654. The van der Waals surface area contributed by atoms with Gasteiger partial charge in [-0.15, -0.1) is 0 Å². The van der Waals surface area contributed by atoms with Gasteiger partial charge < -0.3 is 0 Å². The van der Waals surface area contributed by atoms with Gasteiger partial charge in [-0.2, -0.15) is 0 Å². The molecule has 1 aromatic carbocycles. The summed E-state index contributed by atoms with van der Waals surface area (Å²) < 4.78 is 0. The molecule has 0 aliphatic carbocycles. The summed E-state index contributed by atoms with van der Waals surface area (Å²) in [5.41, 5.74) is 4.26. The van der Waals surface area contributed by atoms with Crippen LogP contribution in [0.2, 0.25) is 0 Å². The Morgan fingerprint density at radius 3 is 2.21 bits per heavy atom. The van der Waals surface area contributed by atoms with Crippen LogP contribution < -0.4 is 0 Å². The van der Waals surface area contributed by atoms with E-state index < -0.39 is 0 Å². The first-order valence-electron chi connectivity index (χ1n) is 5.56. The second kappa shape index (κ2) is 5.64. The summed E-state index contributed by atoms with van der Waals surface area (Å²) in [6.07, 6.45) is 5.74. The Morgan fingerprint density at radius 1 is 1.14 bits per heavy atom.